The average molecular weight is 186 g/mol. The van der Waals surface area contributed by atoms with Crippen molar-refractivity contribution in [1.29, 1.82) is 0 Å². The van der Waals surface area contributed by atoms with Gasteiger partial charge < -0.3 is 9.84 Å². The van der Waals surface area contributed by atoms with Crippen molar-refractivity contribution in [2.45, 2.75) is 58.2 Å². The van der Waals surface area contributed by atoms with E-state index in [1.54, 1.807) is 0 Å². The Labute approximate surface area is 81.3 Å². The zero-order chi connectivity index (χ0) is 9.68. The lowest BCUT2D eigenvalue weighted by molar-refractivity contribution is -0.0328. The second-order valence-electron chi connectivity index (χ2n) is 4.18. The summed E-state index contributed by atoms with van der Waals surface area (Å²) in [6.45, 7) is 4.65. The molecule has 1 rings (SSSR count). The Hall–Kier alpha value is -0.0800. The zero-order valence-corrected chi connectivity index (χ0v) is 8.83. The minimum Gasteiger partial charge on any atom is -0.396 e. The minimum absolute atomic E-state index is 0.357. The van der Waals surface area contributed by atoms with E-state index in [2.05, 4.69) is 13.8 Å². The normalized spacial score (nSPS) is 31.6. The van der Waals surface area contributed by atoms with Crippen LogP contribution in [0.25, 0.3) is 0 Å². The van der Waals surface area contributed by atoms with Gasteiger partial charge in [-0.05, 0) is 44.9 Å². The number of aliphatic hydroxyl groups is 1. The Morgan fingerprint density at radius 2 is 1.92 bits per heavy atom. The molecule has 78 valence electrons. The van der Waals surface area contributed by atoms with E-state index in [0.29, 0.717) is 24.7 Å². The number of hydrogen-bond donors (Lipinski definition) is 1. The lowest BCUT2D eigenvalue weighted by Gasteiger charge is -2.29. The molecule has 2 heteroatoms. The zero-order valence-electron chi connectivity index (χ0n) is 8.83. The number of rotatable bonds is 4. The molecule has 0 radical (unpaired) electrons. The summed E-state index contributed by atoms with van der Waals surface area (Å²) in [6.07, 6.45) is 6.49. The SMILES string of the molecule is CCC(C)OC1CCC(CO)CC1. The third-order valence-corrected chi connectivity index (χ3v) is 3.05. The summed E-state index contributed by atoms with van der Waals surface area (Å²) in [5.41, 5.74) is 0. The summed E-state index contributed by atoms with van der Waals surface area (Å²) >= 11 is 0. The average Bonchev–Trinajstić information content (AvgIpc) is 2.19. The molecule has 13 heavy (non-hydrogen) atoms. The molecule has 0 heterocycles. The highest BCUT2D eigenvalue weighted by Gasteiger charge is 2.21. The molecule has 1 aliphatic carbocycles. The Kier molecular flexibility index (Phi) is 4.74. The number of ether oxygens (including phenoxy) is 1. The maximum atomic E-state index is 8.96. The lowest BCUT2D eigenvalue weighted by Crippen LogP contribution is -2.26. The second-order valence-corrected chi connectivity index (χ2v) is 4.18. The van der Waals surface area contributed by atoms with Gasteiger partial charge in [-0.3, -0.25) is 0 Å². The van der Waals surface area contributed by atoms with Crippen LogP contribution >= 0.6 is 0 Å². The highest BCUT2D eigenvalue weighted by Crippen LogP contribution is 2.26. The molecule has 0 saturated heterocycles. The molecule has 0 bridgehead atoms. The maximum absolute atomic E-state index is 8.96. The van der Waals surface area contributed by atoms with Gasteiger partial charge in [0, 0.05) is 6.61 Å². The van der Waals surface area contributed by atoms with Crippen molar-refractivity contribution >= 4 is 0 Å². The molecule has 0 spiro atoms. The van der Waals surface area contributed by atoms with Gasteiger partial charge in [0.25, 0.3) is 0 Å². The van der Waals surface area contributed by atoms with E-state index in [9.17, 15) is 0 Å². The van der Waals surface area contributed by atoms with Gasteiger partial charge in [-0.15, -0.1) is 0 Å². The lowest BCUT2D eigenvalue weighted by atomic mass is 9.88. The Morgan fingerprint density at radius 3 is 2.38 bits per heavy atom. The molecule has 1 fully saturated rings. The molecular weight excluding hydrogens is 164 g/mol. The topological polar surface area (TPSA) is 29.5 Å². The molecule has 1 atom stereocenters. The van der Waals surface area contributed by atoms with E-state index in [0.717, 1.165) is 32.1 Å². The predicted molar refractivity (Wildman–Crippen MR) is 53.7 cm³/mol. The van der Waals surface area contributed by atoms with Crippen LogP contribution in [0.15, 0.2) is 0 Å². The summed E-state index contributed by atoms with van der Waals surface area (Å²) < 4.78 is 5.85. The van der Waals surface area contributed by atoms with Crippen LogP contribution in [0.4, 0.5) is 0 Å². The molecule has 0 aliphatic heterocycles. The fourth-order valence-corrected chi connectivity index (χ4v) is 1.88. The van der Waals surface area contributed by atoms with E-state index in [4.69, 9.17) is 9.84 Å². The number of hydrogen-bond acceptors (Lipinski definition) is 2. The van der Waals surface area contributed by atoms with Gasteiger partial charge in [-0.25, -0.2) is 0 Å². The van der Waals surface area contributed by atoms with Crippen LogP contribution in [0.2, 0.25) is 0 Å². The van der Waals surface area contributed by atoms with Crippen molar-refractivity contribution in [3.05, 3.63) is 0 Å². The van der Waals surface area contributed by atoms with Crippen molar-refractivity contribution in [1.82, 2.24) is 0 Å². The van der Waals surface area contributed by atoms with E-state index in [1.165, 1.54) is 0 Å². The smallest absolute Gasteiger partial charge is 0.0579 e. The van der Waals surface area contributed by atoms with Gasteiger partial charge in [0.2, 0.25) is 0 Å². The molecule has 1 saturated carbocycles. The summed E-state index contributed by atoms with van der Waals surface area (Å²) in [5, 5.41) is 8.96. The van der Waals surface area contributed by atoms with Crippen LogP contribution in [-0.2, 0) is 4.74 Å². The third kappa shape index (κ3) is 3.65. The monoisotopic (exact) mass is 186 g/mol. The van der Waals surface area contributed by atoms with E-state index in [1.807, 2.05) is 0 Å². The first-order valence-corrected chi connectivity index (χ1v) is 5.52. The van der Waals surface area contributed by atoms with Gasteiger partial charge in [0.1, 0.15) is 0 Å². The summed E-state index contributed by atoms with van der Waals surface area (Å²) in [6, 6.07) is 0. The molecule has 0 aromatic carbocycles. The summed E-state index contributed by atoms with van der Waals surface area (Å²) in [5.74, 6) is 0.539. The predicted octanol–water partition coefficient (Wildman–Crippen LogP) is 2.35. The quantitative estimate of drug-likeness (QED) is 0.730. The van der Waals surface area contributed by atoms with Crippen LogP contribution < -0.4 is 0 Å². The molecular formula is C11H22O2. The second kappa shape index (κ2) is 5.61. The Morgan fingerprint density at radius 1 is 1.31 bits per heavy atom. The van der Waals surface area contributed by atoms with Crippen LogP contribution in [0.5, 0.6) is 0 Å². The van der Waals surface area contributed by atoms with Gasteiger partial charge in [0.05, 0.1) is 12.2 Å². The first-order chi connectivity index (χ1) is 6.26. The van der Waals surface area contributed by atoms with Gasteiger partial charge in [-0.2, -0.15) is 0 Å². The van der Waals surface area contributed by atoms with Crippen LogP contribution in [0, 0.1) is 5.92 Å². The molecule has 0 amide bonds. The van der Waals surface area contributed by atoms with Crippen LogP contribution in [-0.4, -0.2) is 23.9 Å². The standard InChI is InChI=1S/C11H22O2/c1-3-9(2)13-11-6-4-10(8-12)5-7-11/h9-12H,3-8H2,1-2H3. The van der Waals surface area contributed by atoms with Gasteiger partial charge in [-0.1, -0.05) is 6.92 Å². The van der Waals surface area contributed by atoms with Gasteiger partial charge >= 0.3 is 0 Å². The van der Waals surface area contributed by atoms with Crippen molar-refractivity contribution in [3.8, 4) is 0 Å². The van der Waals surface area contributed by atoms with Crippen LogP contribution in [0.1, 0.15) is 46.0 Å². The molecule has 0 aromatic heterocycles. The molecule has 1 N–H and O–H groups in total. The fraction of sp³-hybridized carbons (Fsp3) is 1.00. The van der Waals surface area contributed by atoms with Gasteiger partial charge in [0.15, 0.2) is 0 Å². The third-order valence-electron chi connectivity index (χ3n) is 3.05. The first kappa shape index (κ1) is 11.0. The maximum Gasteiger partial charge on any atom is 0.0579 e. The van der Waals surface area contributed by atoms with E-state index >= 15 is 0 Å². The summed E-state index contributed by atoms with van der Waals surface area (Å²) in [7, 11) is 0. The molecule has 0 aromatic rings. The first-order valence-electron chi connectivity index (χ1n) is 5.52. The Balaban J connectivity index is 2.17. The molecule has 1 unspecified atom stereocenters. The van der Waals surface area contributed by atoms with E-state index in [-0.39, 0.29) is 0 Å². The van der Waals surface area contributed by atoms with Crippen molar-refractivity contribution < 1.29 is 9.84 Å². The largest absolute Gasteiger partial charge is 0.396 e. The van der Waals surface area contributed by atoms with Crippen molar-refractivity contribution in [2.75, 3.05) is 6.61 Å². The van der Waals surface area contributed by atoms with Crippen molar-refractivity contribution in [3.63, 3.8) is 0 Å². The summed E-state index contributed by atoms with van der Waals surface area (Å²) in [4.78, 5) is 0. The van der Waals surface area contributed by atoms with E-state index < -0.39 is 0 Å². The minimum atomic E-state index is 0.357. The molecule has 1 aliphatic rings. The Bertz CT molecular complexity index is 128. The number of aliphatic hydroxyl groups excluding tert-OH is 1. The molecule has 2 nitrogen and oxygen atoms in total. The highest BCUT2D eigenvalue weighted by atomic mass is 16.5. The van der Waals surface area contributed by atoms with Crippen molar-refractivity contribution in [2.24, 2.45) is 5.92 Å². The fourth-order valence-electron chi connectivity index (χ4n) is 1.88. The van der Waals surface area contributed by atoms with Crippen LogP contribution in [0.3, 0.4) is 0 Å². The highest BCUT2D eigenvalue weighted by molar-refractivity contribution is 4.72.